The zero-order valence-electron chi connectivity index (χ0n) is 12.1. The van der Waals surface area contributed by atoms with Gasteiger partial charge in [-0.2, -0.15) is 10.2 Å². The molecule has 0 saturated heterocycles. The maximum absolute atomic E-state index is 4.85. The van der Waals surface area contributed by atoms with Gasteiger partial charge in [0.05, 0.1) is 17.1 Å². The van der Waals surface area contributed by atoms with Crippen LogP contribution >= 0.6 is 11.3 Å². The monoisotopic (exact) mass is 299 g/mol. The summed E-state index contributed by atoms with van der Waals surface area (Å²) in [4.78, 5) is 1.25. The first-order valence-corrected chi connectivity index (χ1v) is 7.97. The number of aryl methyl sites for hydroxylation is 2. The molecular formula is C15H17N5S. The lowest BCUT2D eigenvalue weighted by Crippen LogP contribution is -2.24. The van der Waals surface area contributed by atoms with E-state index >= 15 is 0 Å². The molecule has 0 aromatic carbocycles. The number of fused-ring (bicyclic) bond motifs is 1. The zero-order chi connectivity index (χ0) is 14.4. The second-order valence-electron chi connectivity index (χ2n) is 5.47. The maximum atomic E-state index is 4.85. The van der Waals surface area contributed by atoms with Crippen LogP contribution in [0.4, 0.5) is 5.82 Å². The summed E-state index contributed by atoms with van der Waals surface area (Å²) < 4.78 is 3.96. The molecule has 0 aliphatic carbocycles. The summed E-state index contributed by atoms with van der Waals surface area (Å²) in [5.41, 5.74) is 3.56. The van der Waals surface area contributed by atoms with Gasteiger partial charge in [-0.3, -0.25) is 4.68 Å². The van der Waals surface area contributed by atoms with Gasteiger partial charge in [0, 0.05) is 31.4 Å². The van der Waals surface area contributed by atoms with E-state index in [1.165, 1.54) is 16.0 Å². The number of nitrogens with zero attached hydrogens (tertiary/aromatic N) is 4. The number of nitrogens with one attached hydrogen (secondary N) is 1. The lowest BCUT2D eigenvalue weighted by atomic mass is 10.1. The van der Waals surface area contributed by atoms with Gasteiger partial charge in [0.15, 0.2) is 0 Å². The Morgan fingerprint density at radius 1 is 1.43 bits per heavy atom. The van der Waals surface area contributed by atoms with Crippen LogP contribution in [0.1, 0.15) is 23.6 Å². The quantitative estimate of drug-likeness (QED) is 0.791. The van der Waals surface area contributed by atoms with Crippen LogP contribution in [0.25, 0.3) is 10.6 Å². The van der Waals surface area contributed by atoms with Crippen LogP contribution in [-0.2, 0) is 7.05 Å². The molecule has 6 heteroatoms. The third-order valence-corrected chi connectivity index (χ3v) is 5.00. The number of rotatable bonds is 2. The van der Waals surface area contributed by atoms with Gasteiger partial charge in [0.1, 0.15) is 11.5 Å². The molecule has 5 nitrogen and oxygen atoms in total. The Hall–Kier alpha value is -2.08. The van der Waals surface area contributed by atoms with Gasteiger partial charge < -0.3 is 5.32 Å². The molecule has 1 atom stereocenters. The molecule has 3 aromatic rings. The molecule has 0 saturated carbocycles. The molecule has 0 bridgehead atoms. The van der Waals surface area contributed by atoms with Crippen molar-refractivity contribution in [2.45, 2.75) is 19.4 Å². The minimum Gasteiger partial charge on any atom is -0.370 e. The summed E-state index contributed by atoms with van der Waals surface area (Å²) in [6, 6.07) is 4.56. The standard InChI is InChI=1S/C15H17N5S/c1-10-4-6-21-15(10)12-7-14-16-5-3-13(20(14)18-12)11-8-17-19(2)9-11/h4,6-9,13,16H,3,5H2,1-2H3. The molecule has 1 aliphatic rings. The smallest absolute Gasteiger partial charge is 0.125 e. The molecule has 108 valence electrons. The Balaban J connectivity index is 1.78. The molecule has 0 spiro atoms. The van der Waals surface area contributed by atoms with E-state index in [2.05, 4.69) is 45.7 Å². The van der Waals surface area contributed by atoms with Crippen LogP contribution in [0, 0.1) is 6.92 Å². The van der Waals surface area contributed by atoms with Gasteiger partial charge in [-0.15, -0.1) is 11.3 Å². The van der Waals surface area contributed by atoms with Gasteiger partial charge in [-0.05, 0) is 30.4 Å². The molecule has 1 unspecified atom stereocenters. The molecule has 4 rings (SSSR count). The third-order valence-electron chi connectivity index (χ3n) is 3.96. The highest BCUT2D eigenvalue weighted by Crippen LogP contribution is 2.35. The van der Waals surface area contributed by atoms with E-state index in [1.807, 2.05) is 17.9 Å². The highest BCUT2D eigenvalue weighted by Gasteiger charge is 2.25. The van der Waals surface area contributed by atoms with E-state index < -0.39 is 0 Å². The van der Waals surface area contributed by atoms with Crippen molar-refractivity contribution in [3.8, 4) is 10.6 Å². The van der Waals surface area contributed by atoms with E-state index in [0.29, 0.717) is 0 Å². The summed E-state index contributed by atoms with van der Waals surface area (Å²) in [5, 5.41) is 14.7. The van der Waals surface area contributed by atoms with Crippen molar-refractivity contribution in [1.29, 1.82) is 0 Å². The van der Waals surface area contributed by atoms with Crippen molar-refractivity contribution < 1.29 is 0 Å². The molecule has 1 aliphatic heterocycles. The average Bonchev–Trinajstić information content (AvgIpc) is 3.16. The summed E-state index contributed by atoms with van der Waals surface area (Å²) in [7, 11) is 1.95. The normalized spacial score (nSPS) is 17.5. The second kappa shape index (κ2) is 4.73. The predicted octanol–water partition coefficient (Wildman–Crippen LogP) is 3.06. The number of anilines is 1. The van der Waals surface area contributed by atoms with Crippen molar-refractivity contribution in [2.75, 3.05) is 11.9 Å². The van der Waals surface area contributed by atoms with Crippen LogP contribution in [0.2, 0.25) is 0 Å². The Morgan fingerprint density at radius 2 is 2.33 bits per heavy atom. The van der Waals surface area contributed by atoms with Gasteiger partial charge >= 0.3 is 0 Å². The first-order valence-electron chi connectivity index (χ1n) is 7.09. The summed E-state index contributed by atoms with van der Waals surface area (Å²) in [6.07, 6.45) is 5.05. The van der Waals surface area contributed by atoms with Gasteiger partial charge in [0.2, 0.25) is 0 Å². The Bertz CT molecular complexity index is 782. The van der Waals surface area contributed by atoms with E-state index in [9.17, 15) is 0 Å². The molecule has 0 amide bonds. The number of hydrogen-bond acceptors (Lipinski definition) is 4. The Morgan fingerprint density at radius 3 is 3.05 bits per heavy atom. The van der Waals surface area contributed by atoms with Gasteiger partial charge in [0.25, 0.3) is 0 Å². The first kappa shape index (κ1) is 12.6. The predicted molar refractivity (Wildman–Crippen MR) is 84.7 cm³/mol. The van der Waals surface area contributed by atoms with Crippen LogP contribution < -0.4 is 5.32 Å². The third kappa shape index (κ3) is 2.06. The summed E-state index contributed by atoms with van der Waals surface area (Å²) in [5.74, 6) is 1.10. The largest absolute Gasteiger partial charge is 0.370 e. The lowest BCUT2D eigenvalue weighted by Gasteiger charge is -2.24. The van der Waals surface area contributed by atoms with E-state index in [1.54, 1.807) is 11.3 Å². The summed E-state index contributed by atoms with van der Waals surface area (Å²) >= 11 is 1.75. The fourth-order valence-electron chi connectivity index (χ4n) is 2.89. The summed E-state index contributed by atoms with van der Waals surface area (Å²) in [6.45, 7) is 3.10. The average molecular weight is 299 g/mol. The molecule has 4 heterocycles. The number of hydrogen-bond donors (Lipinski definition) is 1. The molecular weight excluding hydrogens is 282 g/mol. The topological polar surface area (TPSA) is 47.7 Å². The van der Waals surface area contributed by atoms with Crippen LogP contribution in [-0.4, -0.2) is 26.1 Å². The van der Waals surface area contributed by atoms with Crippen molar-refractivity contribution in [3.63, 3.8) is 0 Å². The minimum absolute atomic E-state index is 0.268. The van der Waals surface area contributed by atoms with Crippen LogP contribution in [0.5, 0.6) is 0 Å². The van der Waals surface area contributed by atoms with E-state index in [-0.39, 0.29) is 6.04 Å². The van der Waals surface area contributed by atoms with E-state index in [0.717, 1.165) is 24.5 Å². The van der Waals surface area contributed by atoms with Crippen molar-refractivity contribution in [2.24, 2.45) is 7.05 Å². The SMILES string of the molecule is Cc1ccsc1-c1cc2n(n1)C(c1cnn(C)c1)CCN2. The van der Waals surface area contributed by atoms with Crippen LogP contribution in [0.3, 0.4) is 0 Å². The Labute approximate surface area is 127 Å². The highest BCUT2D eigenvalue weighted by atomic mass is 32.1. The van der Waals surface area contributed by atoms with Crippen LogP contribution in [0.15, 0.2) is 29.9 Å². The fraction of sp³-hybridized carbons (Fsp3) is 0.333. The highest BCUT2D eigenvalue weighted by molar-refractivity contribution is 7.13. The zero-order valence-corrected chi connectivity index (χ0v) is 12.9. The second-order valence-corrected chi connectivity index (χ2v) is 6.39. The molecule has 3 aromatic heterocycles. The van der Waals surface area contributed by atoms with E-state index in [4.69, 9.17) is 5.10 Å². The molecule has 0 fully saturated rings. The molecule has 1 N–H and O–H groups in total. The molecule has 0 radical (unpaired) electrons. The minimum atomic E-state index is 0.268. The Kier molecular flexibility index (Phi) is 2.85. The van der Waals surface area contributed by atoms with Crippen molar-refractivity contribution in [1.82, 2.24) is 19.6 Å². The van der Waals surface area contributed by atoms with Gasteiger partial charge in [-0.1, -0.05) is 0 Å². The number of aromatic nitrogens is 4. The lowest BCUT2D eigenvalue weighted by molar-refractivity contribution is 0.483. The molecule has 21 heavy (non-hydrogen) atoms. The fourth-order valence-corrected chi connectivity index (χ4v) is 3.77. The van der Waals surface area contributed by atoms with Crippen molar-refractivity contribution >= 4 is 17.2 Å². The first-order chi connectivity index (χ1) is 10.2. The van der Waals surface area contributed by atoms with Gasteiger partial charge in [-0.25, -0.2) is 4.68 Å². The maximum Gasteiger partial charge on any atom is 0.125 e. The number of thiophene rings is 1. The van der Waals surface area contributed by atoms with Crippen molar-refractivity contribution in [3.05, 3.63) is 41.0 Å².